The first-order valence-corrected chi connectivity index (χ1v) is 10.8. The van der Waals surface area contributed by atoms with E-state index in [0.29, 0.717) is 43.9 Å². The Balaban J connectivity index is 1.32. The van der Waals surface area contributed by atoms with Crippen LogP contribution in [0.5, 0.6) is 0 Å². The number of aryl methyl sites for hydroxylation is 2. The second-order valence-electron chi connectivity index (χ2n) is 8.18. The minimum atomic E-state index is 0.0781. The van der Waals surface area contributed by atoms with Crippen molar-refractivity contribution in [2.24, 2.45) is 0 Å². The second-order valence-corrected chi connectivity index (χ2v) is 8.18. The molecule has 1 saturated heterocycles. The summed E-state index contributed by atoms with van der Waals surface area (Å²) in [6.45, 7) is 7.34. The number of nitrogens with zero attached hydrogens (tertiary/aromatic N) is 7. The van der Waals surface area contributed by atoms with Crippen LogP contribution in [-0.4, -0.2) is 61.9 Å². The lowest BCUT2D eigenvalue weighted by molar-refractivity contribution is 0.0746. The molecule has 1 fully saturated rings. The average Bonchev–Trinajstić information content (AvgIpc) is 3.24. The number of carbonyl (C=O) groups is 1. The van der Waals surface area contributed by atoms with E-state index in [0.717, 1.165) is 22.5 Å². The van der Waals surface area contributed by atoms with E-state index in [1.807, 2.05) is 48.2 Å². The molecule has 4 aromatic rings. The first kappa shape index (κ1) is 20.1. The molecule has 0 atom stereocenters. The van der Waals surface area contributed by atoms with Gasteiger partial charge in [0, 0.05) is 31.7 Å². The molecule has 5 rings (SSSR count). The lowest BCUT2D eigenvalue weighted by atomic mass is 10.1. The molecule has 0 bridgehead atoms. The number of benzene rings is 2. The number of fused-ring (bicyclic) bond motifs is 1. The molecule has 2 aromatic heterocycles. The van der Waals surface area contributed by atoms with Gasteiger partial charge in [-0.2, -0.15) is 0 Å². The van der Waals surface area contributed by atoms with Gasteiger partial charge in [0.2, 0.25) is 0 Å². The highest BCUT2D eigenvalue weighted by Gasteiger charge is 2.25. The number of amides is 1. The summed E-state index contributed by atoms with van der Waals surface area (Å²) in [7, 11) is 0. The van der Waals surface area contributed by atoms with Crippen LogP contribution < -0.4 is 4.90 Å². The van der Waals surface area contributed by atoms with Crippen molar-refractivity contribution in [3.05, 3.63) is 77.1 Å². The van der Waals surface area contributed by atoms with E-state index in [9.17, 15) is 4.79 Å². The molecule has 1 aliphatic rings. The summed E-state index contributed by atoms with van der Waals surface area (Å²) in [5.41, 5.74) is 5.62. The van der Waals surface area contributed by atoms with Gasteiger partial charge in [-0.3, -0.25) is 4.79 Å². The Morgan fingerprint density at radius 1 is 0.938 bits per heavy atom. The third-order valence-electron chi connectivity index (χ3n) is 6.08. The van der Waals surface area contributed by atoms with Crippen molar-refractivity contribution in [2.75, 3.05) is 31.1 Å². The highest BCUT2D eigenvalue weighted by Crippen LogP contribution is 2.23. The van der Waals surface area contributed by atoms with Crippen LogP contribution in [0.3, 0.4) is 0 Å². The largest absolute Gasteiger partial charge is 0.351 e. The maximum atomic E-state index is 13.0. The molecule has 32 heavy (non-hydrogen) atoms. The summed E-state index contributed by atoms with van der Waals surface area (Å²) in [6, 6.07) is 16.0. The van der Waals surface area contributed by atoms with Gasteiger partial charge in [-0.1, -0.05) is 41.6 Å². The Morgan fingerprint density at radius 2 is 1.72 bits per heavy atom. The van der Waals surface area contributed by atoms with Crippen molar-refractivity contribution in [1.29, 1.82) is 0 Å². The molecule has 8 heteroatoms. The number of piperazine rings is 1. The molecule has 0 unspecified atom stereocenters. The van der Waals surface area contributed by atoms with Gasteiger partial charge in [-0.25, -0.2) is 14.6 Å². The topological polar surface area (TPSA) is 80.0 Å². The monoisotopic (exact) mass is 427 g/mol. The van der Waals surface area contributed by atoms with Crippen molar-refractivity contribution < 1.29 is 4.79 Å². The predicted molar refractivity (Wildman–Crippen MR) is 123 cm³/mol. The van der Waals surface area contributed by atoms with Crippen molar-refractivity contribution >= 4 is 22.9 Å². The zero-order valence-electron chi connectivity index (χ0n) is 18.3. The summed E-state index contributed by atoms with van der Waals surface area (Å²) < 4.78 is 1.80. The number of rotatable bonds is 4. The predicted octanol–water partition coefficient (Wildman–Crippen LogP) is 2.85. The molecule has 8 nitrogen and oxygen atoms in total. The maximum Gasteiger partial charge on any atom is 0.253 e. The minimum absolute atomic E-state index is 0.0781. The summed E-state index contributed by atoms with van der Waals surface area (Å²) in [5.74, 6) is 0.849. The van der Waals surface area contributed by atoms with Crippen LogP contribution >= 0.6 is 0 Å². The quantitative estimate of drug-likeness (QED) is 0.498. The van der Waals surface area contributed by atoms with Crippen molar-refractivity contribution in [2.45, 2.75) is 20.4 Å². The van der Waals surface area contributed by atoms with Gasteiger partial charge in [-0.15, -0.1) is 5.10 Å². The fourth-order valence-electron chi connectivity index (χ4n) is 4.05. The van der Waals surface area contributed by atoms with Crippen LogP contribution in [0.1, 0.15) is 27.0 Å². The van der Waals surface area contributed by atoms with Gasteiger partial charge < -0.3 is 9.80 Å². The molecular weight excluding hydrogens is 402 g/mol. The minimum Gasteiger partial charge on any atom is -0.351 e. The summed E-state index contributed by atoms with van der Waals surface area (Å²) >= 11 is 0. The van der Waals surface area contributed by atoms with E-state index in [1.165, 1.54) is 5.56 Å². The zero-order chi connectivity index (χ0) is 22.1. The van der Waals surface area contributed by atoms with Crippen LogP contribution in [0.2, 0.25) is 0 Å². The number of aromatic nitrogens is 5. The van der Waals surface area contributed by atoms with E-state index < -0.39 is 0 Å². The Kier molecular flexibility index (Phi) is 5.26. The second kappa shape index (κ2) is 8.37. The molecule has 162 valence electrons. The van der Waals surface area contributed by atoms with Crippen LogP contribution in [-0.2, 0) is 6.54 Å². The Hall–Kier alpha value is -3.81. The zero-order valence-corrected chi connectivity index (χ0v) is 18.3. The Morgan fingerprint density at radius 3 is 2.47 bits per heavy atom. The highest BCUT2D eigenvalue weighted by molar-refractivity contribution is 5.94. The first-order valence-electron chi connectivity index (χ1n) is 10.8. The molecule has 0 aliphatic carbocycles. The molecule has 0 radical (unpaired) electrons. The molecule has 0 spiro atoms. The van der Waals surface area contributed by atoms with Crippen molar-refractivity contribution in [3.63, 3.8) is 0 Å². The van der Waals surface area contributed by atoms with Crippen molar-refractivity contribution in [3.8, 4) is 0 Å². The number of hydrogen-bond donors (Lipinski definition) is 0. The van der Waals surface area contributed by atoms with Gasteiger partial charge in [0.15, 0.2) is 17.0 Å². The highest BCUT2D eigenvalue weighted by atomic mass is 16.2. The van der Waals surface area contributed by atoms with Crippen LogP contribution in [0.25, 0.3) is 11.2 Å². The summed E-state index contributed by atoms with van der Waals surface area (Å²) in [4.78, 5) is 25.9. The van der Waals surface area contributed by atoms with E-state index >= 15 is 0 Å². The maximum absolute atomic E-state index is 13.0. The fraction of sp³-hybridized carbons (Fsp3) is 0.292. The molecule has 1 amide bonds. The van der Waals surface area contributed by atoms with E-state index in [-0.39, 0.29) is 5.91 Å². The van der Waals surface area contributed by atoms with Gasteiger partial charge in [0.05, 0.1) is 6.54 Å². The Labute approximate surface area is 186 Å². The molecule has 2 aromatic carbocycles. The third kappa shape index (κ3) is 3.79. The standard InChI is InChI=1S/C24H25N7O/c1-17-8-9-20(14-18(17)2)24(32)30-12-10-29(11-13-30)22-21-23(26-16-25-22)31(28-27-21)15-19-6-4-3-5-7-19/h3-9,14,16H,10-13,15H2,1-2H3. The fourth-order valence-corrected chi connectivity index (χ4v) is 4.05. The van der Waals surface area contributed by atoms with Crippen LogP contribution in [0, 0.1) is 13.8 Å². The van der Waals surface area contributed by atoms with E-state index in [1.54, 1.807) is 11.0 Å². The summed E-state index contributed by atoms with van der Waals surface area (Å²) in [5, 5.41) is 8.69. The van der Waals surface area contributed by atoms with Gasteiger partial charge in [-0.05, 0) is 42.7 Å². The third-order valence-corrected chi connectivity index (χ3v) is 6.08. The average molecular weight is 428 g/mol. The van der Waals surface area contributed by atoms with Gasteiger partial charge in [0.25, 0.3) is 5.91 Å². The molecule has 0 saturated carbocycles. The smallest absolute Gasteiger partial charge is 0.253 e. The van der Waals surface area contributed by atoms with E-state index in [2.05, 4.69) is 44.2 Å². The number of carbonyl (C=O) groups excluding carboxylic acids is 1. The number of hydrogen-bond acceptors (Lipinski definition) is 6. The van der Waals surface area contributed by atoms with E-state index in [4.69, 9.17) is 0 Å². The van der Waals surface area contributed by atoms with Crippen molar-refractivity contribution in [1.82, 2.24) is 29.9 Å². The van der Waals surface area contributed by atoms with Crippen LogP contribution in [0.4, 0.5) is 5.82 Å². The van der Waals surface area contributed by atoms with Gasteiger partial charge >= 0.3 is 0 Å². The SMILES string of the molecule is Cc1ccc(C(=O)N2CCN(c3ncnc4c3nnn4Cc3ccccc3)CC2)cc1C. The molecule has 3 heterocycles. The number of anilines is 1. The first-order chi connectivity index (χ1) is 15.6. The molecule has 1 aliphatic heterocycles. The van der Waals surface area contributed by atoms with Gasteiger partial charge in [0.1, 0.15) is 6.33 Å². The lowest BCUT2D eigenvalue weighted by Gasteiger charge is -2.35. The normalized spacial score (nSPS) is 14.2. The lowest BCUT2D eigenvalue weighted by Crippen LogP contribution is -2.49. The summed E-state index contributed by atoms with van der Waals surface area (Å²) in [6.07, 6.45) is 1.56. The Bertz CT molecular complexity index is 1260. The van der Waals surface area contributed by atoms with Crippen LogP contribution in [0.15, 0.2) is 54.9 Å². The molecular formula is C24H25N7O. The molecule has 0 N–H and O–H groups in total.